The Kier molecular flexibility index (Phi) is 4.77. The zero-order valence-corrected chi connectivity index (χ0v) is 16.6. The van der Waals surface area contributed by atoms with Crippen molar-refractivity contribution in [2.75, 3.05) is 30.0 Å². The average molecular weight is 408 g/mol. The number of halogens is 1. The summed E-state index contributed by atoms with van der Waals surface area (Å²) in [6.45, 7) is 0. The monoisotopic (exact) mass is 407 g/mol. The van der Waals surface area contributed by atoms with Crippen LogP contribution in [-0.2, 0) is 0 Å². The van der Waals surface area contributed by atoms with Crippen LogP contribution < -0.4 is 16.0 Å². The fourth-order valence-corrected chi connectivity index (χ4v) is 3.13. The van der Waals surface area contributed by atoms with E-state index in [-0.39, 0.29) is 11.7 Å². The molecule has 0 radical (unpaired) electrons. The number of carbonyl (C=O) groups is 1. The van der Waals surface area contributed by atoms with Gasteiger partial charge in [0.1, 0.15) is 11.6 Å². The van der Waals surface area contributed by atoms with Crippen molar-refractivity contribution in [3.63, 3.8) is 0 Å². The number of nitrogens with one attached hydrogen (secondary N) is 1. The molecule has 0 bridgehead atoms. The van der Waals surface area contributed by atoms with Gasteiger partial charge in [-0.2, -0.15) is 5.10 Å². The van der Waals surface area contributed by atoms with Crippen LogP contribution in [0.15, 0.2) is 55.1 Å². The third-order valence-electron chi connectivity index (χ3n) is 4.63. The highest BCUT2D eigenvalue weighted by Crippen LogP contribution is 2.29. The summed E-state index contributed by atoms with van der Waals surface area (Å²) in [7, 11) is 3.50. The standard InChI is InChI=1S/C20H18ClN7O/c1-23-14-3-4-18(24-10-14)27(2)20(29)12-5-6-28-17(8-12)15(11-26-28)13-7-16(21)19(22)25-9-13/h3-11,23H,1-2H3,(H2,22,25). The molecule has 3 N–H and O–H groups in total. The van der Waals surface area contributed by atoms with Crippen molar-refractivity contribution >= 4 is 40.3 Å². The number of nitrogens with zero attached hydrogens (tertiary/aromatic N) is 5. The number of rotatable bonds is 4. The van der Waals surface area contributed by atoms with E-state index < -0.39 is 0 Å². The number of pyridine rings is 3. The van der Waals surface area contributed by atoms with E-state index in [1.807, 2.05) is 13.1 Å². The normalized spacial score (nSPS) is 10.9. The quantitative estimate of drug-likeness (QED) is 0.538. The first-order chi connectivity index (χ1) is 14.0. The molecule has 4 rings (SSSR count). The van der Waals surface area contributed by atoms with Gasteiger partial charge in [-0.25, -0.2) is 14.5 Å². The highest BCUT2D eigenvalue weighted by Gasteiger charge is 2.17. The Balaban J connectivity index is 1.70. The number of amides is 1. The van der Waals surface area contributed by atoms with Crippen LogP contribution in [0, 0.1) is 0 Å². The Morgan fingerprint density at radius 1 is 1.17 bits per heavy atom. The van der Waals surface area contributed by atoms with Crippen molar-refractivity contribution in [2.24, 2.45) is 0 Å². The van der Waals surface area contributed by atoms with Crippen LogP contribution in [0.5, 0.6) is 0 Å². The summed E-state index contributed by atoms with van der Waals surface area (Å²) in [5, 5.41) is 7.71. The summed E-state index contributed by atoms with van der Waals surface area (Å²) < 4.78 is 1.69. The molecule has 8 nitrogen and oxygen atoms in total. The van der Waals surface area contributed by atoms with Crippen LogP contribution in [0.1, 0.15) is 10.4 Å². The molecule has 29 heavy (non-hydrogen) atoms. The second-order valence-corrected chi connectivity index (χ2v) is 6.82. The Morgan fingerprint density at radius 2 is 2.00 bits per heavy atom. The van der Waals surface area contributed by atoms with Gasteiger partial charge >= 0.3 is 0 Å². The van der Waals surface area contributed by atoms with Gasteiger partial charge in [0.2, 0.25) is 0 Å². The van der Waals surface area contributed by atoms with Crippen molar-refractivity contribution in [3.05, 3.63) is 65.7 Å². The first kappa shape index (κ1) is 18.7. The van der Waals surface area contributed by atoms with Crippen LogP contribution in [0.4, 0.5) is 17.3 Å². The fourth-order valence-electron chi connectivity index (χ4n) is 2.96. The number of hydrogen-bond acceptors (Lipinski definition) is 6. The molecule has 0 aromatic carbocycles. The minimum absolute atomic E-state index is 0.183. The van der Waals surface area contributed by atoms with Crippen LogP contribution in [-0.4, -0.2) is 39.6 Å². The Bertz CT molecular complexity index is 1200. The third-order valence-corrected chi connectivity index (χ3v) is 4.94. The fraction of sp³-hybridized carbons (Fsp3) is 0.100. The molecule has 0 saturated carbocycles. The van der Waals surface area contributed by atoms with Gasteiger partial charge in [-0.3, -0.25) is 9.69 Å². The van der Waals surface area contributed by atoms with Gasteiger partial charge in [0.15, 0.2) is 0 Å². The molecule has 0 aliphatic rings. The SMILES string of the molecule is CNc1ccc(N(C)C(=O)c2ccn3ncc(-c4cnc(N)c(Cl)c4)c3c2)nc1. The van der Waals surface area contributed by atoms with Crippen LogP contribution >= 0.6 is 11.6 Å². The lowest BCUT2D eigenvalue weighted by atomic mass is 10.1. The molecule has 0 fully saturated rings. The van der Waals surface area contributed by atoms with Gasteiger partial charge < -0.3 is 11.1 Å². The minimum Gasteiger partial charge on any atom is -0.387 e. The molecule has 0 aliphatic carbocycles. The summed E-state index contributed by atoms with van der Waals surface area (Å²) in [6.07, 6.45) is 6.75. The predicted octanol–water partition coefficient (Wildman–Crippen LogP) is 3.35. The molecular formula is C20H18ClN7O. The number of nitrogen functional groups attached to an aromatic ring is 1. The lowest BCUT2D eigenvalue weighted by Gasteiger charge is -2.16. The van der Waals surface area contributed by atoms with E-state index in [0.29, 0.717) is 16.4 Å². The molecular weight excluding hydrogens is 390 g/mol. The van der Waals surface area contributed by atoms with Crippen molar-refractivity contribution in [1.29, 1.82) is 0 Å². The first-order valence-electron chi connectivity index (χ1n) is 8.78. The zero-order chi connectivity index (χ0) is 20.5. The van der Waals surface area contributed by atoms with E-state index in [1.165, 1.54) is 4.90 Å². The molecule has 4 heterocycles. The third kappa shape index (κ3) is 3.45. The largest absolute Gasteiger partial charge is 0.387 e. The van der Waals surface area contributed by atoms with Gasteiger partial charge in [0.05, 0.1) is 28.6 Å². The topological polar surface area (TPSA) is 101 Å². The van der Waals surface area contributed by atoms with Gasteiger partial charge in [0, 0.05) is 43.2 Å². The number of hydrogen-bond donors (Lipinski definition) is 2. The maximum atomic E-state index is 13.0. The van der Waals surface area contributed by atoms with Crippen LogP contribution in [0.2, 0.25) is 5.02 Å². The molecule has 0 unspecified atom stereocenters. The van der Waals surface area contributed by atoms with Crippen LogP contribution in [0.25, 0.3) is 16.6 Å². The van der Waals surface area contributed by atoms with Gasteiger partial charge in [-0.15, -0.1) is 0 Å². The molecule has 9 heteroatoms. The van der Waals surface area contributed by atoms with E-state index in [2.05, 4.69) is 20.4 Å². The lowest BCUT2D eigenvalue weighted by molar-refractivity contribution is 0.0992. The second kappa shape index (κ2) is 7.40. The summed E-state index contributed by atoms with van der Waals surface area (Å²) in [6, 6.07) is 8.89. The maximum Gasteiger partial charge on any atom is 0.259 e. The first-order valence-corrected chi connectivity index (χ1v) is 9.16. The molecule has 4 aromatic heterocycles. The van der Waals surface area contributed by atoms with Crippen molar-refractivity contribution < 1.29 is 4.79 Å². The predicted molar refractivity (Wildman–Crippen MR) is 114 cm³/mol. The summed E-state index contributed by atoms with van der Waals surface area (Å²) in [5.41, 5.74) is 9.40. The van der Waals surface area contributed by atoms with E-state index in [1.54, 1.807) is 60.6 Å². The number of nitrogens with two attached hydrogens (primary N) is 1. The van der Waals surface area contributed by atoms with Crippen molar-refractivity contribution in [1.82, 2.24) is 19.6 Å². The lowest BCUT2D eigenvalue weighted by Crippen LogP contribution is -2.27. The van der Waals surface area contributed by atoms with Gasteiger partial charge in [-0.05, 0) is 30.3 Å². The number of fused-ring (bicyclic) bond motifs is 1. The Morgan fingerprint density at radius 3 is 2.69 bits per heavy atom. The Labute approximate surface area is 172 Å². The Hall–Kier alpha value is -3.65. The number of anilines is 3. The van der Waals surface area contributed by atoms with Gasteiger partial charge in [-0.1, -0.05) is 11.6 Å². The summed E-state index contributed by atoms with van der Waals surface area (Å²) >= 11 is 6.11. The van der Waals surface area contributed by atoms with Crippen LogP contribution in [0.3, 0.4) is 0 Å². The average Bonchev–Trinajstić information content (AvgIpc) is 3.18. The zero-order valence-electron chi connectivity index (χ0n) is 15.8. The maximum absolute atomic E-state index is 13.0. The molecule has 1 amide bonds. The smallest absolute Gasteiger partial charge is 0.259 e. The van der Waals surface area contributed by atoms with E-state index >= 15 is 0 Å². The molecule has 146 valence electrons. The van der Waals surface area contributed by atoms with E-state index in [0.717, 1.165) is 22.3 Å². The minimum atomic E-state index is -0.183. The molecule has 0 atom stereocenters. The highest BCUT2D eigenvalue weighted by molar-refractivity contribution is 6.33. The molecule has 0 saturated heterocycles. The molecule has 0 spiro atoms. The van der Waals surface area contributed by atoms with E-state index in [9.17, 15) is 4.79 Å². The van der Waals surface area contributed by atoms with Crippen molar-refractivity contribution in [2.45, 2.75) is 0 Å². The second-order valence-electron chi connectivity index (χ2n) is 6.41. The highest BCUT2D eigenvalue weighted by atomic mass is 35.5. The molecule has 0 aliphatic heterocycles. The number of carbonyl (C=O) groups excluding carboxylic acids is 1. The number of aromatic nitrogens is 4. The van der Waals surface area contributed by atoms with Crippen molar-refractivity contribution in [3.8, 4) is 11.1 Å². The van der Waals surface area contributed by atoms with E-state index in [4.69, 9.17) is 17.3 Å². The summed E-state index contributed by atoms with van der Waals surface area (Å²) in [4.78, 5) is 22.9. The van der Waals surface area contributed by atoms with Gasteiger partial charge in [0.25, 0.3) is 5.91 Å². The molecule has 4 aromatic rings. The summed E-state index contributed by atoms with van der Waals surface area (Å²) in [5.74, 6) is 0.635.